The summed E-state index contributed by atoms with van der Waals surface area (Å²) >= 11 is 0. The summed E-state index contributed by atoms with van der Waals surface area (Å²) in [5.74, 6) is -2.31. The lowest BCUT2D eigenvalue weighted by molar-refractivity contribution is -0.192. The second-order valence-corrected chi connectivity index (χ2v) is 12.6. The molecule has 15 heteroatoms. The molecule has 13 nitrogen and oxygen atoms in total. The van der Waals surface area contributed by atoms with Crippen molar-refractivity contribution in [2.75, 3.05) is 49.2 Å². The van der Waals surface area contributed by atoms with E-state index in [9.17, 15) is 13.6 Å². The van der Waals surface area contributed by atoms with Crippen LogP contribution in [0.3, 0.4) is 0 Å². The van der Waals surface area contributed by atoms with E-state index >= 15 is 0 Å². The van der Waals surface area contributed by atoms with E-state index in [1.54, 1.807) is 0 Å². The summed E-state index contributed by atoms with van der Waals surface area (Å²) < 4.78 is 51.3. The minimum atomic E-state index is -1.51. The van der Waals surface area contributed by atoms with Gasteiger partial charge in [-0.05, 0) is 74.5 Å². The molecule has 0 saturated carbocycles. The SMILES string of the molecule is C[C@@H](N)[C@H](C)n1ncn(-c2ccc(N3CCN(c4ccc(OC[C@@H]5CO[C@@](Cn6cncn6)(c6ccc(F)cc6F)O5)cc4)CC3)cc2)c1=O. The van der Waals surface area contributed by atoms with Gasteiger partial charge in [0.1, 0.15) is 55.6 Å². The molecule has 2 aliphatic rings. The van der Waals surface area contributed by atoms with Crippen LogP contribution in [-0.4, -0.2) is 80.7 Å². The largest absolute Gasteiger partial charge is 0.491 e. The van der Waals surface area contributed by atoms with E-state index in [0.29, 0.717) is 5.75 Å². The van der Waals surface area contributed by atoms with Gasteiger partial charge in [0.25, 0.3) is 0 Å². The Kier molecular flexibility index (Phi) is 9.35. The molecule has 0 spiro atoms. The van der Waals surface area contributed by atoms with E-state index in [-0.39, 0.29) is 43.1 Å². The van der Waals surface area contributed by atoms with Crippen LogP contribution < -0.4 is 26.0 Å². The minimum Gasteiger partial charge on any atom is -0.491 e. The fourth-order valence-corrected chi connectivity index (χ4v) is 6.27. The number of nitrogens with two attached hydrogens (primary N) is 1. The topological polar surface area (TPSA) is 131 Å². The van der Waals surface area contributed by atoms with Crippen LogP contribution in [0.25, 0.3) is 5.69 Å². The summed E-state index contributed by atoms with van der Waals surface area (Å²) in [4.78, 5) is 21.5. The first-order valence-corrected chi connectivity index (χ1v) is 16.5. The summed E-state index contributed by atoms with van der Waals surface area (Å²) in [5.41, 5.74) is 8.76. The monoisotopic (exact) mass is 687 g/mol. The van der Waals surface area contributed by atoms with Gasteiger partial charge >= 0.3 is 5.69 Å². The van der Waals surface area contributed by atoms with Gasteiger partial charge in [-0.15, -0.1) is 0 Å². The van der Waals surface area contributed by atoms with Crippen LogP contribution in [0.4, 0.5) is 20.2 Å². The Bertz CT molecular complexity index is 1940. The number of piperazine rings is 1. The fourth-order valence-electron chi connectivity index (χ4n) is 6.27. The van der Waals surface area contributed by atoms with Crippen molar-refractivity contribution < 1.29 is 23.0 Å². The molecule has 2 aliphatic heterocycles. The van der Waals surface area contributed by atoms with Gasteiger partial charge in [0.15, 0.2) is 0 Å². The molecule has 5 aromatic rings. The zero-order valence-corrected chi connectivity index (χ0v) is 27.8. The van der Waals surface area contributed by atoms with Crippen LogP contribution >= 0.6 is 0 Å². The molecule has 4 atom stereocenters. The van der Waals surface area contributed by atoms with Crippen molar-refractivity contribution in [3.05, 3.63) is 113 Å². The van der Waals surface area contributed by atoms with E-state index in [1.165, 1.54) is 45.0 Å². The van der Waals surface area contributed by atoms with Crippen LogP contribution in [-0.2, 0) is 21.8 Å². The number of anilines is 2. The molecule has 0 bridgehead atoms. The van der Waals surface area contributed by atoms with Gasteiger partial charge in [-0.3, -0.25) is 0 Å². The van der Waals surface area contributed by atoms with Gasteiger partial charge in [0, 0.05) is 55.2 Å². The van der Waals surface area contributed by atoms with Gasteiger partial charge < -0.3 is 29.7 Å². The number of ether oxygens (including phenoxy) is 3. The number of rotatable bonds is 11. The second-order valence-electron chi connectivity index (χ2n) is 12.6. The molecular weight excluding hydrogens is 648 g/mol. The first-order valence-electron chi connectivity index (χ1n) is 16.5. The normalized spacial score (nSPS) is 20.6. The van der Waals surface area contributed by atoms with Crippen molar-refractivity contribution in [1.29, 1.82) is 0 Å². The lowest BCUT2D eigenvalue weighted by atomic mass is 10.0. The molecule has 2 aromatic heterocycles. The maximum atomic E-state index is 14.9. The van der Waals surface area contributed by atoms with Crippen LogP contribution in [0.5, 0.6) is 5.75 Å². The highest BCUT2D eigenvalue weighted by atomic mass is 19.1. The molecule has 2 N–H and O–H groups in total. The number of aromatic nitrogens is 6. The molecule has 7 rings (SSSR count). The maximum Gasteiger partial charge on any atom is 0.350 e. The van der Waals surface area contributed by atoms with Crippen molar-refractivity contribution in [2.24, 2.45) is 5.73 Å². The Morgan fingerprint density at radius 1 is 0.920 bits per heavy atom. The summed E-state index contributed by atoms with van der Waals surface area (Å²) in [6.07, 6.45) is 3.87. The van der Waals surface area contributed by atoms with Crippen LogP contribution in [0, 0.1) is 11.6 Å². The highest BCUT2D eigenvalue weighted by molar-refractivity contribution is 5.54. The summed E-state index contributed by atoms with van der Waals surface area (Å²) in [7, 11) is 0. The van der Waals surface area contributed by atoms with Crippen molar-refractivity contribution in [1.82, 2.24) is 29.1 Å². The van der Waals surface area contributed by atoms with Gasteiger partial charge in [-0.2, -0.15) is 10.2 Å². The average Bonchev–Trinajstić information content (AvgIpc) is 3.88. The van der Waals surface area contributed by atoms with Gasteiger partial charge in [0.05, 0.1) is 18.3 Å². The zero-order chi connectivity index (χ0) is 34.8. The second kappa shape index (κ2) is 14.0. The quantitative estimate of drug-likeness (QED) is 0.220. The van der Waals surface area contributed by atoms with Gasteiger partial charge in [-0.25, -0.2) is 32.5 Å². The zero-order valence-electron chi connectivity index (χ0n) is 27.8. The Labute approximate surface area is 287 Å². The highest BCUT2D eigenvalue weighted by Crippen LogP contribution is 2.38. The lowest BCUT2D eigenvalue weighted by Gasteiger charge is -2.37. The van der Waals surface area contributed by atoms with E-state index in [4.69, 9.17) is 19.9 Å². The Hall–Kier alpha value is -5.12. The predicted molar refractivity (Wildman–Crippen MR) is 181 cm³/mol. The molecule has 0 aliphatic carbocycles. The van der Waals surface area contributed by atoms with Crippen molar-refractivity contribution in [2.45, 2.75) is 44.4 Å². The number of benzene rings is 3. The molecular formula is C35H39F2N9O4. The van der Waals surface area contributed by atoms with Crippen LogP contribution in [0.1, 0.15) is 25.5 Å². The smallest absolute Gasteiger partial charge is 0.350 e. The number of hydrogen-bond donors (Lipinski definition) is 1. The van der Waals surface area contributed by atoms with Crippen LogP contribution in [0.2, 0.25) is 0 Å². The summed E-state index contributed by atoms with van der Waals surface area (Å²) in [5, 5.41) is 8.36. The van der Waals surface area contributed by atoms with E-state index in [1.807, 2.05) is 62.4 Å². The van der Waals surface area contributed by atoms with Crippen LogP contribution in [0.15, 0.2) is 90.5 Å². The molecule has 50 heavy (non-hydrogen) atoms. The van der Waals surface area contributed by atoms with Gasteiger partial charge in [0.2, 0.25) is 5.79 Å². The van der Waals surface area contributed by atoms with Crippen molar-refractivity contribution in [3.8, 4) is 11.4 Å². The van der Waals surface area contributed by atoms with E-state index < -0.39 is 23.5 Å². The van der Waals surface area contributed by atoms with E-state index in [2.05, 4.69) is 25.0 Å². The summed E-state index contributed by atoms with van der Waals surface area (Å²) in [6.45, 7) is 7.44. The number of halogens is 2. The number of nitrogens with zero attached hydrogens (tertiary/aromatic N) is 8. The summed E-state index contributed by atoms with van der Waals surface area (Å²) in [6, 6.07) is 18.7. The molecule has 0 unspecified atom stereocenters. The molecule has 0 amide bonds. The Morgan fingerprint density at radius 2 is 1.58 bits per heavy atom. The first kappa shape index (κ1) is 33.4. The molecule has 3 aromatic carbocycles. The molecule has 262 valence electrons. The molecule has 2 saturated heterocycles. The number of hydrogen-bond acceptors (Lipinski definition) is 10. The Balaban J connectivity index is 0.924. The van der Waals surface area contributed by atoms with Crippen molar-refractivity contribution in [3.63, 3.8) is 0 Å². The minimum absolute atomic E-state index is 0.0293. The molecule has 4 heterocycles. The van der Waals surface area contributed by atoms with Crippen molar-refractivity contribution >= 4 is 11.4 Å². The standard InChI is InChI=1S/C35H39F2N9O4/c1-24(38)25(2)46-34(47)45(23-41-46)29-6-4-27(5-7-29)42-13-15-43(16-14-42)28-8-10-30(11-9-28)48-18-31-19-49-35(50-31,20-44-22-39-21-40-44)32-12-3-26(36)17-33(32)37/h3-12,17,21-25,31H,13-16,18-20,38H2,1-2H3/t24-,25+,31-,35-/m1/s1. The third-order valence-corrected chi connectivity index (χ3v) is 9.29. The first-order chi connectivity index (χ1) is 24.2. The lowest BCUT2D eigenvalue weighted by Crippen LogP contribution is -2.46. The van der Waals surface area contributed by atoms with E-state index in [0.717, 1.165) is 49.3 Å². The Morgan fingerprint density at radius 3 is 2.20 bits per heavy atom. The molecule has 2 fully saturated rings. The van der Waals surface area contributed by atoms with Gasteiger partial charge in [-0.1, -0.05) is 0 Å². The molecule has 0 radical (unpaired) electrons. The fraction of sp³-hybridized carbons (Fsp3) is 0.371. The third-order valence-electron chi connectivity index (χ3n) is 9.29. The maximum absolute atomic E-state index is 14.9. The average molecular weight is 688 g/mol. The third kappa shape index (κ3) is 6.84. The highest BCUT2D eigenvalue weighted by Gasteiger charge is 2.46. The predicted octanol–water partition coefficient (Wildman–Crippen LogP) is 3.49.